The highest BCUT2D eigenvalue weighted by molar-refractivity contribution is 6.32. The largest absolute Gasteiger partial charge is 0.381 e. The fourth-order valence-corrected chi connectivity index (χ4v) is 5.11. The first-order valence-electron chi connectivity index (χ1n) is 10.9. The van der Waals surface area contributed by atoms with Gasteiger partial charge in [0.1, 0.15) is 5.82 Å². The van der Waals surface area contributed by atoms with E-state index in [1.165, 1.54) is 25.9 Å². The number of pyridine rings is 1. The number of ether oxygens (including phenoxy) is 1. The SMILES string of the molecule is CN=C(NCC1(N2CCCC2)CCOCC1)NC1CCN(c2ncccc2Cl)C1. The molecule has 3 aliphatic heterocycles. The molecule has 3 fully saturated rings. The van der Waals surface area contributed by atoms with E-state index in [-0.39, 0.29) is 5.54 Å². The van der Waals surface area contributed by atoms with Gasteiger partial charge in [0.15, 0.2) is 5.96 Å². The predicted molar refractivity (Wildman–Crippen MR) is 118 cm³/mol. The summed E-state index contributed by atoms with van der Waals surface area (Å²) in [5.41, 5.74) is 0.190. The van der Waals surface area contributed by atoms with Crippen molar-refractivity contribution in [1.29, 1.82) is 0 Å². The second-order valence-corrected chi connectivity index (χ2v) is 8.75. The van der Waals surface area contributed by atoms with Gasteiger partial charge in [0.05, 0.1) is 5.02 Å². The molecule has 0 aromatic carbocycles. The van der Waals surface area contributed by atoms with Crippen molar-refractivity contribution < 1.29 is 4.74 Å². The summed E-state index contributed by atoms with van der Waals surface area (Å²) in [6.45, 7) is 6.85. The first-order valence-corrected chi connectivity index (χ1v) is 11.2. The Balaban J connectivity index is 1.33. The second-order valence-electron chi connectivity index (χ2n) is 8.34. The molecule has 0 saturated carbocycles. The van der Waals surface area contributed by atoms with Crippen molar-refractivity contribution in [1.82, 2.24) is 20.5 Å². The number of anilines is 1. The van der Waals surface area contributed by atoms with Crippen LogP contribution in [0.1, 0.15) is 32.1 Å². The first kappa shape index (κ1) is 20.7. The Labute approximate surface area is 178 Å². The summed E-state index contributed by atoms with van der Waals surface area (Å²) in [5, 5.41) is 7.95. The van der Waals surface area contributed by atoms with Gasteiger partial charge in [-0.15, -0.1) is 0 Å². The van der Waals surface area contributed by atoms with E-state index < -0.39 is 0 Å². The van der Waals surface area contributed by atoms with Crippen LogP contribution in [0.15, 0.2) is 23.3 Å². The number of halogens is 1. The monoisotopic (exact) mass is 420 g/mol. The Morgan fingerprint density at radius 1 is 1.31 bits per heavy atom. The molecule has 0 spiro atoms. The van der Waals surface area contributed by atoms with E-state index in [9.17, 15) is 0 Å². The highest BCUT2D eigenvalue weighted by Crippen LogP contribution is 2.31. The predicted octanol–water partition coefficient (Wildman–Crippen LogP) is 2.12. The van der Waals surface area contributed by atoms with Gasteiger partial charge in [-0.25, -0.2) is 4.98 Å². The third kappa shape index (κ3) is 4.78. The Bertz CT molecular complexity index is 702. The van der Waals surface area contributed by atoms with Crippen LogP contribution in [0, 0.1) is 0 Å². The molecular weight excluding hydrogens is 388 g/mol. The number of nitrogens with one attached hydrogen (secondary N) is 2. The zero-order chi connectivity index (χ0) is 20.1. The van der Waals surface area contributed by atoms with Gasteiger partial charge in [-0.2, -0.15) is 0 Å². The summed E-state index contributed by atoms with van der Waals surface area (Å²) in [7, 11) is 1.85. The molecule has 160 valence electrons. The van der Waals surface area contributed by atoms with Gasteiger partial charge in [0.2, 0.25) is 0 Å². The molecule has 1 aromatic rings. The number of nitrogens with zero attached hydrogens (tertiary/aromatic N) is 4. The maximum absolute atomic E-state index is 6.32. The van der Waals surface area contributed by atoms with E-state index in [1.54, 1.807) is 6.20 Å². The average molecular weight is 421 g/mol. The first-order chi connectivity index (χ1) is 14.2. The summed E-state index contributed by atoms with van der Waals surface area (Å²) >= 11 is 6.32. The van der Waals surface area contributed by atoms with E-state index in [1.807, 2.05) is 19.2 Å². The van der Waals surface area contributed by atoms with Crippen LogP contribution in [0.4, 0.5) is 5.82 Å². The van der Waals surface area contributed by atoms with Crippen LogP contribution in [0.25, 0.3) is 0 Å². The third-order valence-corrected chi connectivity index (χ3v) is 6.87. The molecule has 7 nitrogen and oxygen atoms in total. The van der Waals surface area contributed by atoms with Crippen molar-refractivity contribution in [3.63, 3.8) is 0 Å². The van der Waals surface area contributed by atoms with Crippen LogP contribution in [-0.4, -0.2) is 80.4 Å². The van der Waals surface area contributed by atoms with Crippen molar-refractivity contribution in [3.05, 3.63) is 23.4 Å². The Morgan fingerprint density at radius 3 is 2.83 bits per heavy atom. The summed E-state index contributed by atoms with van der Waals surface area (Å²) in [6.07, 6.45) is 7.64. The van der Waals surface area contributed by atoms with E-state index in [4.69, 9.17) is 16.3 Å². The van der Waals surface area contributed by atoms with Gasteiger partial charge < -0.3 is 20.3 Å². The minimum atomic E-state index is 0.190. The average Bonchev–Trinajstić information content (AvgIpc) is 3.45. The van der Waals surface area contributed by atoms with Gasteiger partial charge in [-0.1, -0.05) is 11.6 Å². The minimum absolute atomic E-state index is 0.190. The summed E-state index contributed by atoms with van der Waals surface area (Å²) in [5.74, 6) is 1.76. The Kier molecular flexibility index (Phi) is 6.77. The molecular formula is C21H33ClN6O. The zero-order valence-electron chi connectivity index (χ0n) is 17.4. The molecule has 3 aliphatic rings. The number of aromatic nitrogens is 1. The number of hydrogen-bond donors (Lipinski definition) is 2. The molecule has 4 rings (SSSR count). The van der Waals surface area contributed by atoms with Crippen molar-refractivity contribution >= 4 is 23.4 Å². The molecule has 0 aliphatic carbocycles. The number of hydrogen-bond acceptors (Lipinski definition) is 5. The summed E-state index contributed by atoms with van der Waals surface area (Å²) < 4.78 is 5.67. The van der Waals surface area contributed by atoms with Crippen LogP contribution >= 0.6 is 11.6 Å². The molecule has 0 radical (unpaired) electrons. The summed E-state index contributed by atoms with van der Waals surface area (Å²) in [6, 6.07) is 4.10. The maximum Gasteiger partial charge on any atom is 0.191 e. The number of likely N-dealkylation sites (tertiary alicyclic amines) is 1. The topological polar surface area (TPSA) is 65.0 Å². The lowest BCUT2D eigenvalue weighted by molar-refractivity contribution is -0.0164. The van der Waals surface area contributed by atoms with Crippen LogP contribution in [0.2, 0.25) is 5.02 Å². The molecule has 8 heteroatoms. The van der Waals surface area contributed by atoms with Gasteiger partial charge in [-0.05, 0) is 57.3 Å². The quantitative estimate of drug-likeness (QED) is 0.562. The lowest BCUT2D eigenvalue weighted by Gasteiger charge is -2.45. The van der Waals surface area contributed by atoms with Gasteiger partial charge in [0.25, 0.3) is 0 Å². The number of guanidine groups is 1. The van der Waals surface area contributed by atoms with Crippen molar-refractivity contribution in [2.24, 2.45) is 4.99 Å². The molecule has 0 amide bonds. The van der Waals surface area contributed by atoms with Crippen LogP contribution in [0.5, 0.6) is 0 Å². The van der Waals surface area contributed by atoms with Crippen LogP contribution < -0.4 is 15.5 Å². The van der Waals surface area contributed by atoms with E-state index >= 15 is 0 Å². The third-order valence-electron chi connectivity index (χ3n) is 6.58. The fourth-order valence-electron chi connectivity index (χ4n) is 4.86. The standard InChI is InChI=1S/C21H33ClN6O/c1-23-20(25-16-21(7-13-29-14-8-21)28-10-2-3-11-28)26-17-6-12-27(15-17)19-18(22)5-4-9-24-19/h4-5,9,17H,2-3,6-8,10-16H2,1H3,(H2,23,25,26). The molecule has 4 heterocycles. The molecule has 29 heavy (non-hydrogen) atoms. The van der Waals surface area contributed by atoms with Gasteiger partial charge >= 0.3 is 0 Å². The fraction of sp³-hybridized carbons (Fsp3) is 0.714. The number of aliphatic imine (C=N–C) groups is 1. The van der Waals surface area contributed by atoms with Gasteiger partial charge in [0, 0.05) is 57.7 Å². The molecule has 1 aromatic heterocycles. The molecule has 2 N–H and O–H groups in total. The van der Waals surface area contributed by atoms with Crippen molar-refractivity contribution in [2.45, 2.75) is 43.7 Å². The highest BCUT2D eigenvalue weighted by atomic mass is 35.5. The van der Waals surface area contributed by atoms with Crippen LogP contribution in [0.3, 0.4) is 0 Å². The summed E-state index contributed by atoms with van der Waals surface area (Å²) in [4.78, 5) is 13.9. The molecule has 1 atom stereocenters. The molecule has 3 saturated heterocycles. The normalized spacial score (nSPS) is 25.4. The van der Waals surface area contributed by atoms with E-state index in [2.05, 4.69) is 30.4 Å². The van der Waals surface area contributed by atoms with Crippen molar-refractivity contribution in [3.8, 4) is 0 Å². The highest BCUT2D eigenvalue weighted by Gasteiger charge is 2.39. The maximum atomic E-state index is 6.32. The zero-order valence-corrected chi connectivity index (χ0v) is 18.1. The minimum Gasteiger partial charge on any atom is -0.381 e. The van der Waals surface area contributed by atoms with Gasteiger partial charge in [-0.3, -0.25) is 9.89 Å². The number of rotatable bonds is 5. The Morgan fingerprint density at radius 2 is 2.10 bits per heavy atom. The molecule has 0 bridgehead atoms. The second kappa shape index (κ2) is 9.49. The lowest BCUT2D eigenvalue weighted by Crippen LogP contribution is -2.59. The van der Waals surface area contributed by atoms with E-state index in [0.717, 1.165) is 63.9 Å². The van der Waals surface area contributed by atoms with Crippen molar-refractivity contribution in [2.75, 3.05) is 57.9 Å². The lowest BCUT2D eigenvalue weighted by atomic mass is 9.88. The molecule has 1 unspecified atom stereocenters. The smallest absolute Gasteiger partial charge is 0.191 e. The van der Waals surface area contributed by atoms with E-state index in [0.29, 0.717) is 11.1 Å². The van der Waals surface area contributed by atoms with Crippen LogP contribution in [-0.2, 0) is 4.74 Å². The Hall–Kier alpha value is -1.57.